The van der Waals surface area contributed by atoms with Crippen LogP contribution in [0, 0.1) is 0 Å². The minimum atomic E-state index is -0.228. The Hall–Kier alpha value is -3.60. The summed E-state index contributed by atoms with van der Waals surface area (Å²) in [6.07, 6.45) is 5.70. The number of oxazole rings is 1. The van der Waals surface area contributed by atoms with Gasteiger partial charge in [-0.1, -0.05) is 19.9 Å². The van der Waals surface area contributed by atoms with Crippen LogP contribution in [0.5, 0.6) is 0 Å². The van der Waals surface area contributed by atoms with E-state index in [0.29, 0.717) is 23.3 Å². The number of rotatable bonds is 6. The molecule has 1 atom stereocenters. The summed E-state index contributed by atoms with van der Waals surface area (Å²) in [5.41, 5.74) is 4.44. The van der Waals surface area contributed by atoms with Gasteiger partial charge in [0.25, 0.3) is 0 Å². The smallest absolute Gasteiger partial charge is 0.248 e. The molecule has 5 nitrogen and oxygen atoms in total. The van der Waals surface area contributed by atoms with Crippen molar-refractivity contribution in [2.75, 3.05) is 5.32 Å². The summed E-state index contributed by atoms with van der Waals surface area (Å²) in [7, 11) is 0. The highest BCUT2D eigenvalue weighted by Crippen LogP contribution is 2.28. The van der Waals surface area contributed by atoms with Crippen LogP contribution < -0.4 is 5.32 Å². The predicted molar refractivity (Wildman–Crippen MR) is 115 cm³/mol. The number of nitrogens with one attached hydrogen (secondary N) is 1. The standard InChI is InChI=1S/C24H22N2O3/c1-3-16(2)18-8-12-22-21(15-18)26-24(29-22)17-6-9-19(10-7-17)25-23(27)13-11-20-5-4-14-28-20/h4-16H,3H2,1-2H3,(H,25,27)/b13-11+/t16-/m1/s1. The summed E-state index contributed by atoms with van der Waals surface area (Å²) in [4.78, 5) is 16.7. The lowest BCUT2D eigenvalue weighted by Crippen LogP contribution is -2.07. The molecule has 146 valence electrons. The molecule has 0 aliphatic rings. The Bertz CT molecular complexity index is 1140. The fraction of sp³-hybridized carbons (Fsp3) is 0.167. The molecule has 2 aromatic heterocycles. The highest BCUT2D eigenvalue weighted by atomic mass is 16.3. The van der Waals surface area contributed by atoms with E-state index in [1.165, 1.54) is 11.6 Å². The van der Waals surface area contributed by atoms with Crippen LogP contribution in [-0.4, -0.2) is 10.9 Å². The Morgan fingerprint density at radius 2 is 2.00 bits per heavy atom. The highest BCUT2D eigenvalue weighted by molar-refractivity contribution is 6.01. The van der Waals surface area contributed by atoms with Crippen molar-refractivity contribution >= 4 is 28.8 Å². The highest BCUT2D eigenvalue weighted by Gasteiger charge is 2.11. The molecule has 0 spiro atoms. The van der Waals surface area contributed by atoms with Gasteiger partial charge in [0.15, 0.2) is 5.58 Å². The van der Waals surface area contributed by atoms with Crippen molar-refractivity contribution in [3.05, 3.63) is 78.3 Å². The SMILES string of the molecule is CC[C@@H](C)c1ccc2oc(-c3ccc(NC(=O)/C=C/c4ccco4)cc3)nc2c1. The third-order valence-corrected chi connectivity index (χ3v) is 4.93. The van der Waals surface area contributed by atoms with Crippen molar-refractivity contribution in [3.63, 3.8) is 0 Å². The first-order valence-corrected chi connectivity index (χ1v) is 9.66. The van der Waals surface area contributed by atoms with Crippen LogP contribution in [0.25, 0.3) is 28.6 Å². The molecule has 1 amide bonds. The first kappa shape index (κ1) is 18.7. The molecule has 0 radical (unpaired) electrons. The van der Waals surface area contributed by atoms with Crippen LogP contribution in [-0.2, 0) is 4.79 Å². The van der Waals surface area contributed by atoms with E-state index in [4.69, 9.17) is 8.83 Å². The molecule has 2 heterocycles. The average Bonchev–Trinajstić information content (AvgIpc) is 3.41. The lowest BCUT2D eigenvalue weighted by Gasteiger charge is -2.07. The number of benzene rings is 2. The molecule has 4 rings (SSSR count). The lowest BCUT2D eigenvalue weighted by atomic mass is 9.98. The zero-order valence-electron chi connectivity index (χ0n) is 16.4. The van der Waals surface area contributed by atoms with Crippen molar-refractivity contribution in [1.82, 2.24) is 4.98 Å². The van der Waals surface area contributed by atoms with E-state index in [-0.39, 0.29) is 5.91 Å². The number of furan rings is 1. The molecule has 0 bridgehead atoms. The maximum Gasteiger partial charge on any atom is 0.248 e. The summed E-state index contributed by atoms with van der Waals surface area (Å²) < 4.78 is 11.1. The maximum atomic E-state index is 12.0. The topological polar surface area (TPSA) is 68.3 Å². The molecule has 0 aliphatic carbocycles. The number of amides is 1. The number of hydrogen-bond donors (Lipinski definition) is 1. The summed E-state index contributed by atoms with van der Waals surface area (Å²) in [5.74, 6) is 1.46. The molecule has 0 fully saturated rings. The van der Waals surface area contributed by atoms with Crippen LogP contribution in [0.15, 0.2) is 75.8 Å². The van der Waals surface area contributed by atoms with Crippen molar-refractivity contribution < 1.29 is 13.6 Å². The molecule has 29 heavy (non-hydrogen) atoms. The maximum absolute atomic E-state index is 12.0. The number of nitrogens with zero attached hydrogens (tertiary/aromatic N) is 1. The summed E-state index contributed by atoms with van der Waals surface area (Å²) >= 11 is 0. The van der Waals surface area contributed by atoms with Gasteiger partial charge in [0, 0.05) is 17.3 Å². The lowest BCUT2D eigenvalue weighted by molar-refractivity contribution is -0.111. The van der Waals surface area contributed by atoms with E-state index in [0.717, 1.165) is 23.1 Å². The van der Waals surface area contributed by atoms with Gasteiger partial charge in [0.05, 0.1) is 6.26 Å². The van der Waals surface area contributed by atoms with E-state index in [1.807, 2.05) is 30.3 Å². The van der Waals surface area contributed by atoms with Crippen LogP contribution in [0.1, 0.15) is 37.5 Å². The second-order valence-electron chi connectivity index (χ2n) is 6.97. The summed E-state index contributed by atoms with van der Waals surface area (Å²) in [5, 5.41) is 2.82. The van der Waals surface area contributed by atoms with E-state index in [1.54, 1.807) is 24.5 Å². The quantitative estimate of drug-likeness (QED) is 0.398. The van der Waals surface area contributed by atoms with Gasteiger partial charge in [0.2, 0.25) is 11.8 Å². The fourth-order valence-electron chi connectivity index (χ4n) is 3.03. The van der Waals surface area contributed by atoms with Crippen molar-refractivity contribution in [2.45, 2.75) is 26.2 Å². The Balaban J connectivity index is 1.48. The molecule has 4 aromatic rings. The zero-order valence-corrected chi connectivity index (χ0v) is 16.4. The number of carbonyl (C=O) groups is 1. The third-order valence-electron chi connectivity index (χ3n) is 4.93. The van der Waals surface area contributed by atoms with E-state index >= 15 is 0 Å². The van der Waals surface area contributed by atoms with Crippen molar-refractivity contribution in [2.24, 2.45) is 0 Å². The number of anilines is 1. The number of aromatic nitrogens is 1. The second-order valence-corrected chi connectivity index (χ2v) is 6.97. The van der Waals surface area contributed by atoms with E-state index < -0.39 is 0 Å². The molecule has 0 saturated carbocycles. The number of fused-ring (bicyclic) bond motifs is 1. The Morgan fingerprint density at radius 3 is 2.72 bits per heavy atom. The fourth-order valence-corrected chi connectivity index (χ4v) is 3.03. The third kappa shape index (κ3) is 4.29. The predicted octanol–water partition coefficient (Wildman–Crippen LogP) is 6.25. The van der Waals surface area contributed by atoms with Gasteiger partial charge >= 0.3 is 0 Å². The zero-order chi connectivity index (χ0) is 20.2. The molecule has 0 unspecified atom stereocenters. The minimum absolute atomic E-state index is 0.228. The Labute approximate surface area is 169 Å². The van der Waals surface area contributed by atoms with Gasteiger partial charge in [-0.05, 0) is 72.5 Å². The van der Waals surface area contributed by atoms with Crippen LogP contribution in [0.2, 0.25) is 0 Å². The molecule has 1 N–H and O–H groups in total. The number of carbonyl (C=O) groups excluding carboxylic acids is 1. The van der Waals surface area contributed by atoms with Gasteiger partial charge in [0.1, 0.15) is 11.3 Å². The van der Waals surface area contributed by atoms with Crippen molar-refractivity contribution in [1.29, 1.82) is 0 Å². The largest absolute Gasteiger partial charge is 0.465 e. The molecule has 5 heteroatoms. The van der Waals surface area contributed by atoms with Gasteiger partial charge in [-0.2, -0.15) is 0 Å². The second kappa shape index (κ2) is 8.19. The Morgan fingerprint density at radius 1 is 1.17 bits per heavy atom. The molecule has 0 aliphatic heterocycles. The van der Waals surface area contributed by atoms with Crippen LogP contribution >= 0.6 is 0 Å². The van der Waals surface area contributed by atoms with Crippen molar-refractivity contribution in [3.8, 4) is 11.5 Å². The Kier molecular flexibility index (Phi) is 5.29. The monoisotopic (exact) mass is 386 g/mol. The van der Waals surface area contributed by atoms with E-state index in [2.05, 4.69) is 36.3 Å². The summed E-state index contributed by atoms with van der Waals surface area (Å²) in [6, 6.07) is 17.1. The molecule has 2 aromatic carbocycles. The summed E-state index contributed by atoms with van der Waals surface area (Å²) in [6.45, 7) is 4.38. The van der Waals surface area contributed by atoms with Gasteiger partial charge in [-0.3, -0.25) is 4.79 Å². The number of hydrogen-bond acceptors (Lipinski definition) is 4. The molecule has 0 saturated heterocycles. The first-order chi connectivity index (χ1) is 14.1. The molecular formula is C24H22N2O3. The van der Waals surface area contributed by atoms with Gasteiger partial charge < -0.3 is 14.2 Å². The normalized spacial score (nSPS) is 12.5. The molecular weight excluding hydrogens is 364 g/mol. The average molecular weight is 386 g/mol. The van der Waals surface area contributed by atoms with Gasteiger partial charge in [-0.15, -0.1) is 0 Å². The van der Waals surface area contributed by atoms with Gasteiger partial charge in [-0.25, -0.2) is 4.98 Å². The van der Waals surface area contributed by atoms with Crippen LogP contribution in [0.4, 0.5) is 5.69 Å². The van der Waals surface area contributed by atoms with Crippen LogP contribution in [0.3, 0.4) is 0 Å². The minimum Gasteiger partial charge on any atom is -0.465 e. The first-order valence-electron chi connectivity index (χ1n) is 9.66. The van der Waals surface area contributed by atoms with E-state index in [9.17, 15) is 4.79 Å².